The maximum Gasteiger partial charge on any atom is 0.411 e. The Kier molecular flexibility index (Phi) is 4.04. The van der Waals surface area contributed by atoms with E-state index in [1.165, 1.54) is 0 Å². The van der Waals surface area contributed by atoms with Gasteiger partial charge in [0.25, 0.3) is 0 Å². The fourth-order valence-corrected chi connectivity index (χ4v) is 2.17. The van der Waals surface area contributed by atoms with Crippen LogP contribution >= 0.6 is 0 Å². The monoisotopic (exact) mass is 277 g/mol. The predicted octanol–water partition coefficient (Wildman–Crippen LogP) is 2.95. The van der Waals surface area contributed by atoms with Gasteiger partial charge in [-0.25, -0.2) is 4.79 Å². The van der Waals surface area contributed by atoms with Gasteiger partial charge in [0, 0.05) is 6.54 Å². The topological polar surface area (TPSA) is 49.8 Å². The molecule has 0 radical (unpaired) electrons. The third kappa shape index (κ3) is 3.51. The van der Waals surface area contributed by atoms with Gasteiger partial charge in [-0.05, 0) is 39.2 Å². The maximum atomic E-state index is 12.4. The quantitative estimate of drug-likeness (QED) is 0.920. The van der Waals surface area contributed by atoms with Gasteiger partial charge in [-0.15, -0.1) is 0 Å². The van der Waals surface area contributed by atoms with E-state index >= 15 is 0 Å². The van der Waals surface area contributed by atoms with Crippen molar-refractivity contribution >= 4 is 6.09 Å². The molecule has 1 aliphatic carbocycles. The van der Waals surface area contributed by atoms with Gasteiger partial charge in [0.1, 0.15) is 5.60 Å². The highest BCUT2D eigenvalue weighted by atomic mass is 16.6. The van der Waals surface area contributed by atoms with Gasteiger partial charge < -0.3 is 9.84 Å². The Morgan fingerprint density at radius 3 is 2.35 bits per heavy atom. The molecule has 1 aromatic rings. The van der Waals surface area contributed by atoms with Crippen molar-refractivity contribution in [2.45, 2.75) is 51.3 Å². The van der Waals surface area contributed by atoms with Crippen LogP contribution in [0.4, 0.5) is 4.79 Å². The molecule has 0 aliphatic heterocycles. The van der Waals surface area contributed by atoms with Crippen LogP contribution < -0.4 is 0 Å². The van der Waals surface area contributed by atoms with Crippen molar-refractivity contribution in [1.82, 2.24) is 4.90 Å². The first-order valence-corrected chi connectivity index (χ1v) is 7.02. The molecule has 1 saturated carbocycles. The minimum absolute atomic E-state index is 0.0148. The van der Waals surface area contributed by atoms with Gasteiger partial charge in [-0.3, -0.25) is 4.90 Å². The fourth-order valence-electron chi connectivity index (χ4n) is 2.17. The molecule has 0 bridgehead atoms. The minimum Gasteiger partial charge on any atom is -0.444 e. The van der Waals surface area contributed by atoms with Crippen molar-refractivity contribution in [2.75, 3.05) is 6.61 Å². The average molecular weight is 277 g/mol. The van der Waals surface area contributed by atoms with Crippen molar-refractivity contribution in [1.29, 1.82) is 0 Å². The minimum atomic E-state index is -0.530. The van der Waals surface area contributed by atoms with Gasteiger partial charge in [0.2, 0.25) is 0 Å². The number of amides is 1. The summed E-state index contributed by atoms with van der Waals surface area (Å²) in [4.78, 5) is 14.1. The molecule has 1 aromatic carbocycles. The third-order valence-corrected chi connectivity index (χ3v) is 3.49. The summed E-state index contributed by atoms with van der Waals surface area (Å²) < 4.78 is 5.48. The summed E-state index contributed by atoms with van der Waals surface area (Å²) in [6, 6.07) is 9.79. The number of hydrogen-bond donors (Lipinski definition) is 1. The lowest BCUT2D eigenvalue weighted by atomic mass is 10.1. The molecule has 0 spiro atoms. The summed E-state index contributed by atoms with van der Waals surface area (Å²) in [5, 5.41) is 9.60. The lowest BCUT2D eigenvalue weighted by Crippen LogP contribution is -2.46. The molecule has 4 nitrogen and oxygen atoms in total. The largest absolute Gasteiger partial charge is 0.444 e. The molecule has 0 aromatic heterocycles. The Hall–Kier alpha value is -1.55. The number of carbonyl (C=O) groups excluding carboxylic acids is 1. The molecule has 1 N–H and O–H groups in total. The Morgan fingerprint density at radius 2 is 1.90 bits per heavy atom. The second-order valence-electron chi connectivity index (χ2n) is 6.43. The summed E-state index contributed by atoms with van der Waals surface area (Å²) in [6.45, 7) is 6.01. The van der Waals surface area contributed by atoms with Crippen LogP contribution in [-0.2, 0) is 11.3 Å². The van der Waals surface area contributed by atoms with Crippen molar-refractivity contribution in [3.8, 4) is 0 Å². The molecule has 110 valence electrons. The summed E-state index contributed by atoms with van der Waals surface area (Å²) >= 11 is 0. The first kappa shape index (κ1) is 14.9. The normalized spacial score (nSPS) is 16.6. The first-order valence-electron chi connectivity index (χ1n) is 7.02. The van der Waals surface area contributed by atoms with Gasteiger partial charge in [-0.2, -0.15) is 0 Å². The first-order chi connectivity index (χ1) is 9.36. The predicted molar refractivity (Wildman–Crippen MR) is 77.3 cm³/mol. The maximum absolute atomic E-state index is 12.4. The van der Waals surface area contributed by atoms with Crippen LogP contribution in [0.25, 0.3) is 0 Å². The van der Waals surface area contributed by atoms with Crippen molar-refractivity contribution in [3.63, 3.8) is 0 Å². The highest BCUT2D eigenvalue weighted by Crippen LogP contribution is 2.42. The summed E-state index contributed by atoms with van der Waals surface area (Å²) in [7, 11) is 0. The summed E-state index contributed by atoms with van der Waals surface area (Å²) in [6.07, 6.45) is 1.30. The van der Waals surface area contributed by atoms with Crippen LogP contribution in [-0.4, -0.2) is 33.8 Å². The number of benzene rings is 1. The molecule has 1 fully saturated rings. The van der Waals surface area contributed by atoms with Gasteiger partial charge in [-0.1, -0.05) is 30.3 Å². The van der Waals surface area contributed by atoms with E-state index in [-0.39, 0.29) is 12.7 Å². The molecule has 20 heavy (non-hydrogen) atoms. The van der Waals surface area contributed by atoms with E-state index in [2.05, 4.69) is 0 Å². The average Bonchev–Trinajstić information content (AvgIpc) is 3.16. The zero-order valence-corrected chi connectivity index (χ0v) is 12.4. The number of rotatable bonds is 4. The van der Waals surface area contributed by atoms with Gasteiger partial charge >= 0.3 is 6.09 Å². The second-order valence-corrected chi connectivity index (χ2v) is 6.43. The van der Waals surface area contributed by atoms with E-state index in [0.717, 1.165) is 18.4 Å². The Balaban J connectivity index is 2.16. The SMILES string of the molecule is CC(C)(C)OC(=O)N(Cc1ccccc1)C1(CO)CC1. The standard InChI is InChI=1S/C16H23NO3/c1-15(2,3)20-14(19)17(16(12-18)9-10-16)11-13-7-5-4-6-8-13/h4-8,18H,9-12H2,1-3H3. The number of carbonyl (C=O) groups is 1. The highest BCUT2D eigenvalue weighted by molar-refractivity contribution is 5.70. The number of nitrogens with zero attached hydrogens (tertiary/aromatic N) is 1. The van der Waals surface area contributed by atoms with Crippen LogP contribution in [0.3, 0.4) is 0 Å². The van der Waals surface area contributed by atoms with Crippen LogP contribution in [0, 0.1) is 0 Å². The molecule has 1 aliphatic rings. The fraction of sp³-hybridized carbons (Fsp3) is 0.562. The van der Waals surface area contributed by atoms with E-state index in [9.17, 15) is 9.90 Å². The van der Waals surface area contributed by atoms with E-state index in [0.29, 0.717) is 6.54 Å². The van der Waals surface area contributed by atoms with Crippen molar-refractivity contribution < 1.29 is 14.6 Å². The number of aliphatic hydroxyl groups is 1. The zero-order chi connectivity index (χ0) is 14.8. The second kappa shape index (κ2) is 5.44. The molecule has 1 amide bonds. The Labute approximate surface area is 120 Å². The lowest BCUT2D eigenvalue weighted by molar-refractivity contribution is 0.00219. The van der Waals surface area contributed by atoms with Gasteiger partial charge in [0.05, 0.1) is 12.1 Å². The molecule has 0 atom stereocenters. The number of ether oxygens (including phenoxy) is 1. The van der Waals surface area contributed by atoms with E-state index in [1.54, 1.807) is 4.90 Å². The third-order valence-electron chi connectivity index (χ3n) is 3.49. The highest BCUT2D eigenvalue weighted by Gasteiger charge is 2.50. The van der Waals surface area contributed by atoms with Crippen LogP contribution in [0.1, 0.15) is 39.2 Å². The molecule has 0 saturated heterocycles. The molecule has 2 rings (SSSR count). The summed E-state index contributed by atoms with van der Waals surface area (Å²) in [5.41, 5.74) is 0.0773. The van der Waals surface area contributed by atoms with E-state index < -0.39 is 11.1 Å². The number of aliphatic hydroxyl groups excluding tert-OH is 1. The van der Waals surface area contributed by atoms with E-state index in [4.69, 9.17) is 4.74 Å². The zero-order valence-electron chi connectivity index (χ0n) is 12.4. The smallest absolute Gasteiger partial charge is 0.411 e. The van der Waals surface area contributed by atoms with Crippen molar-refractivity contribution in [2.24, 2.45) is 0 Å². The van der Waals surface area contributed by atoms with Crippen LogP contribution in [0.2, 0.25) is 0 Å². The van der Waals surface area contributed by atoms with E-state index in [1.807, 2.05) is 51.1 Å². The van der Waals surface area contributed by atoms with Crippen molar-refractivity contribution in [3.05, 3.63) is 35.9 Å². The van der Waals surface area contributed by atoms with Crippen LogP contribution in [0.5, 0.6) is 0 Å². The summed E-state index contributed by atoms with van der Waals surface area (Å²) in [5.74, 6) is 0. The number of hydrogen-bond acceptors (Lipinski definition) is 3. The van der Waals surface area contributed by atoms with Crippen LogP contribution in [0.15, 0.2) is 30.3 Å². The molecule has 0 heterocycles. The molecular weight excluding hydrogens is 254 g/mol. The molecule has 4 heteroatoms. The molecule has 0 unspecified atom stereocenters. The van der Waals surface area contributed by atoms with Gasteiger partial charge in [0.15, 0.2) is 0 Å². The Morgan fingerprint density at radius 1 is 1.30 bits per heavy atom. The lowest BCUT2D eigenvalue weighted by Gasteiger charge is -2.33. The molecular formula is C16H23NO3. The Bertz CT molecular complexity index is 460.